The van der Waals surface area contributed by atoms with Gasteiger partial charge in [0.25, 0.3) is 0 Å². The van der Waals surface area contributed by atoms with Crippen molar-refractivity contribution in [3.8, 4) is 5.75 Å². The lowest BCUT2D eigenvalue weighted by Crippen LogP contribution is -2.54. The highest BCUT2D eigenvalue weighted by Gasteiger charge is 2.32. The summed E-state index contributed by atoms with van der Waals surface area (Å²) in [5.41, 5.74) is 1.16. The van der Waals surface area contributed by atoms with Crippen LogP contribution in [0.3, 0.4) is 0 Å². The number of carbonyl (C=O) groups is 2. The van der Waals surface area contributed by atoms with E-state index in [1.54, 1.807) is 49.4 Å². The van der Waals surface area contributed by atoms with Gasteiger partial charge in [0, 0.05) is 27.7 Å². The maximum Gasteiger partial charge on any atom is 0.244 e. The number of hydrogen-bond acceptors (Lipinski definition) is 5. The molecule has 3 rings (SSSR count). The lowest BCUT2D eigenvalue weighted by atomic mass is 10.1. The Kier molecular flexibility index (Phi) is 10.7. The van der Waals surface area contributed by atoms with Crippen molar-refractivity contribution in [1.82, 2.24) is 10.2 Å². The third kappa shape index (κ3) is 9.38. The summed E-state index contributed by atoms with van der Waals surface area (Å²) < 4.78 is 32.5. The van der Waals surface area contributed by atoms with Crippen LogP contribution in [0.1, 0.15) is 38.8 Å². The molecule has 0 saturated heterocycles. The summed E-state index contributed by atoms with van der Waals surface area (Å²) in [7, 11) is -3.89. The molecular weight excluding hydrogens is 585 g/mol. The Morgan fingerprint density at radius 3 is 2.05 bits per heavy atom. The first-order chi connectivity index (χ1) is 19.2. The van der Waals surface area contributed by atoms with Crippen LogP contribution in [0.25, 0.3) is 0 Å². The molecule has 0 unspecified atom stereocenters. The van der Waals surface area contributed by atoms with Crippen LogP contribution in [0.4, 0.5) is 5.69 Å². The standard InChI is InChI=1S/C30H35Cl2N3O5S/c1-21(29(37)33-30(2,3)4)34(18-25-26(31)12-9-13-27(25)32)28(36)19-35(41(5,38)39)23-14-16-24(17-15-23)40-20-22-10-7-6-8-11-22/h6-17,21H,18-20H2,1-5H3,(H,33,37)/t21-/m1/s1. The zero-order valence-electron chi connectivity index (χ0n) is 23.7. The molecule has 8 nitrogen and oxygen atoms in total. The summed E-state index contributed by atoms with van der Waals surface area (Å²) >= 11 is 12.8. The first-order valence-electron chi connectivity index (χ1n) is 12.9. The van der Waals surface area contributed by atoms with E-state index in [2.05, 4.69) is 5.32 Å². The average Bonchev–Trinajstić information content (AvgIpc) is 2.89. The Hall–Kier alpha value is -3.27. The van der Waals surface area contributed by atoms with Gasteiger partial charge >= 0.3 is 0 Å². The molecule has 0 aliphatic heterocycles. The number of rotatable bonds is 11. The number of halogens is 2. The normalized spacial score (nSPS) is 12.4. The highest BCUT2D eigenvalue weighted by molar-refractivity contribution is 7.92. The van der Waals surface area contributed by atoms with Crippen molar-refractivity contribution in [3.05, 3.63) is 94.0 Å². The van der Waals surface area contributed by atoms with Gasteiger partial charge in [0.1, 0.15) is 24.9 Å². The van der Waals surface area contributed by atoms with E-state index >= 15 is 0 Å². The van der Waals surface area contributed by atoms with Crippen LogP contribution >= 0.6 is 23.2 Å². The van der Waals surface area contributed by atoms with E-state index in [0.717, 1.165) is 16.1 Å². The number of nitrogens with one attached hydrogen (secondary N) is 1. The van der Waals surface area contributed by atoms with E-state index < -0.39 is 40.0 Å². The molecule has 11 heteroatoms. The summed E-state index contributed by atoms with van der Waals surface area (Å²) in [5, 5.41) is 3.52. The molecule has 220 valence electrons. The number of benzene rings is 3. The number of nitrogens with zero attached hydrogens (tertiary/aromatic N) is 2. The third-order valence-corrected chi connectivity index (χ3v) is 7.96. The fourth-order valence-corrected chi connectivity index (χ4v) is 5.34. The molecule has 0 heterocycles. The molecule has 3 aromatic rings. The van der Waals surface area contributed by atoms with Crippen molar-refractivity contribution in [2.75, 3.05) is 17.1 Å². The van der Waals surface area contributed by atoms with Gasteiger partial charge in [0.05, 0.1) is 11.9 Å². The predicted octanol–water partition coefficient (Wildman–Crippen LogP) is 5.67. The summed E-state index contributed by atoms with van der Waals surface area (Å²) in [5.74, 6) is -0.466. The van der Waals surface area contributed by atoms with E-state index in [4.69, 9.17) is 27.9 Å². The molecule has 1 N–H and O–H groups in total. The first kappa shape index (κ1) is 32.2. The highest BCUT2D eigenvalue weighted by atomic mass is 35.5. The summed E-state index contributed by atoms with van der Waals surface area (Å²) in [6.45, 7) is 6.77. The van der Waals surface area contributed by atoms with Crippen LogP contribution in [0.2, 0.25) is 10.0 Å². The number of ether oxygens (including phenoxy) is 1. The van der Waals surface area contributed by atoms with Crippen LogP contribution in [0, 0.1) is 0 Å². The molecule has 0 aliphatic carbocycles. The Morgan fingerprint density at radius 1 is 0.927 bits per heavy atom. The lowest BCUT2D eigenvalue weighted by molar-refractivity contribution is -0.140. The van der Waals surface area contributed by atoms with E-state index in [9.17, 15) is 18.0 Å². The van der Waals surface area contributed by atoms with Gasteiger partial charge in [-0.25, -0.2) is 8.42 Å². The van der Waals surface area contributed by atoms with Crippen molar-refractivity contribution < 1.29 is 22.7 Å². The molecule has 0 fully saturated rings. The molecule has 0 aromatic heterocycles. The Morgan fingerprint density at radius 2 is 1.51 bits per heavy atom. The molecule has 0 aliphatic rings. The minimum Gasteiger partial charge on any atom is -0.489 e. The summed E-state index contributed by atoms with van der Waals surface area (Å²) in [4.78, 5) is 28.2. The van der Waals surface area contributed by atoms with Gasteiger partial charge in [-0.15, -0.1) is 0 Å². The number of hydrogen-bond donors (Lipinski definition) is 1. The number of carbonyl (C=O) groups excluding carboxylic acids is 2. The largest absolute Gasteiger partial charge is 0.489 e. The quantitative estimate of drug-likeness (QED) is 0.298. The van der Waals surface area contributed by atoms with Crippen LogP contribution in [0.15, 0.2) is 72.8 Å². The average molecular weight is 621 g/mol. The van der Waals surface area contributed by atoms with Crippen molar-refractivity contribution >= 4 is 50.7 Å². The van der Waals surface area contributed by atoms with Crippen LogP contribution in [-0.2, 0) is 32.8 Å². The zero-order chi connectivity index (χ0) is 30.4. The smallest absolute Gasteiger partial charge is 0.244 e. The van der Waals surface area contributed by atoms with Gasteiger partial charge in [-0.3, -0.25) is 13.9 Å². The van der Waals surface area contributed by atoms with E-state index in [1.807, 2.05) is 51.1 Å². The minimum atomic E-state index is -3.89. The Bertz CT molecular complexity index is 1440. The van der Waals surface area contributed by atoms with Crippen LogP contribution in [-0.4, -0.2) is 49.5 Å². The molecule has 3 aromatic carbocycles. The maximum atomic E-state index is 13.8. The molecular formula is C30H35Cl2N3O5S. The highest BCUT2D eigenvalue weighted by Crippen LogP contribution is 2.28. The second kappa shape index (κ2) is 13.6. The van der Waals surface area contributed by atoms with Gasteiger partial charge in [-0.2, -0.15) is 0 Å². The molecule has 1 atom stereocenters. The second-order valence-corrected chi connectivity index (χ2v) is 13.4. The molecule has 41 heavy (non-hydrogen) atoms. The van der Waals surface area contributed by atoms with E-state index in [1.165, 1.54) is 4.90 Å². The van der Waals surface area contributed by atoms with Crippen molar-refractivity contribution in [2.24, 2.45) is 0 Å². The number of amides is 2. The minimum absolute atomic E-state index is 0.0973. The number of anilines is 1. The molecule has 0 bridgehead atoms. The summed E-state index contributed by atoms with van der Waals surface area (Å²) in [6, 6.07) is 20.0. The monoisotopic (exact) mass is 619 g/mol. The molecule has 0 saturated carbocycles. The number of sulfonamides is 1. The van der Waals surface area contributed by atoms with Gasteiger partial charge in [0.15, 0.2) is 0 Å². The summed E-state index contributed by atoms with van der Waals surface area (Å²) in [6.07, 6.45) is 1.02. The SMILES string of the molecule is C[C@H](C(=O)NC(C)(C)C)N(Cc1c(Cl)cccc1Cl)C(=O)CN(c1ccc(OCc2ccccc2)cc1)S(C)(=O)=O. The fraction of sp³-hybridized carbons (Fsp3) is 0.333. The predicted molar refractivity (Wildman–Crippen MR) is 164 cm³/mol. The molecule has 2 amide bonds. The van der Waals surface area contributed by atoms with Crippen molar-refractivity contribution in [1.29, 1.82) is 0 Å². The first-order valence-corrected chi connectivity index (χ1v) is 15.5. The maximum absolute atomic E-state index is 13.8. The molecule has 0 spiro atoms. The third-order valence-electron chi connectivity index (χ3n) is 6.11. The van der Waals surface area contributed by atoms with E-state index in [0.29, 0.717) is 28.0 Å². The van der Waals surface area contributed by atoms with Crippen molar-refractivity contribution in [3.63, 3.8) is 0 Å². The van der Waals surface area contributed by atoms with E-state index in [-0.39, 0.29) is 12.2 Å². The van der Waals surface area contributed by atoms with Gasteiger partial charge in [0.2, 0.25) is 21.8 Å². The van der Waals surface area contributed by atoms with Crippen molar-refractivity contribution in [2.45, 2.75) is 52.4 Å². The molecule has 0 radical (unpaired) electrons. The van der Waals surface area contributed by atoms with Gasteiger partial charge in [-0.05, 0) is 69.7 Å². The zero-order valence-corrected chi connectivity index (χ0v) is 26.1. The topological polar surface area (TPSA) is 96.0 Å². The van der Waals surface area contributed by atoms with Crippen LogP contribution in [0.5, 0.6) is 5.75 Å². The second-order valence-electron chi connectivity index (χ2n) is 10.7. The Balaban J connectivity index is 1.87. The van der Waals surface area contributed by atoms with Gasteiger partial charge in [-0.1, -0.05) is 59.6 Å². The lowest BCUT2D eigenvalue weighted by Gasteiger charge is -2.33. The van der Waals surface area contributed by atoms with Crippen LogP contribution < -0.4 is 14.4 Å². The Labute approximate surface area is 252 Å². The van der Waals surface area contributed by atoms with Gasteiger partial charge < -0.3 is 15.0 Å². The fourth-order valence-electron chi connectivity index (χ4n) is 3.97.